The zero-order valence-corrected chi connectivity index (χ0v) is 11.6. The summed E-state index contributed by atoms with van der Waals surface area (Å²) in [6.45, 7) is 9.17. The van der Waals surface area contributed by atoms with Crippen LogP contribution in [0.25, 0.3) is 0 Å². The van der Waals surface area contributed by atoms with E-state index in [1.165, 1.54) is 7.11 Å². The van der Waals surface area contributed by atoms with E-state index in [1.807, 2.05) is 40.9 Å². The van der Waals surface area contributed by atoms with Crippen LogP contribution >= 0.6 is 0 Å². The standard InChI is InChI=1S/C8H11N3O2.2C2H6/c1-10-3-6-4-11(8(12)13-2)5-7(6)9-10;2*1-2/h3H,4-5H2,1-2H3;2*1-2H3. The van der Waals surface area contributed by atoms with Crippen LogP contribution in [0.3, 0.4) is 0 Å². The lowest BCUT2D eigenvalue weighted by Gasteiger charge is -2.12. The highest BCUT2D eigenvalue weighted by Gasteiger charge is 2.26. The third-order valence-corrected chi connectivity index (χ3v) is 2.13. The second-order valence-corrected chi connectivity index (χ2v) is 3.10. The van der Waals surface area contributed by atoms with E-state index in [9.17, 15) is 4.79 Å². The molecule has 0 unspecified atom stereocenters. The smallest absolute Gasteiger partial charge is 0.410 e. The van der Waals surface area contributed by atoms with Crippen molar-refractivity contribution in [3.8, 4) is 0 Å². The summed E-state index contributed by atoms with van der Waals surface area (Å²) in [5.74, 6) is 0. The van der Waals surface area contributed by atoms with E-state index >= 15 is 0 Å². The summed E-state index contributed by atoms with van der Waals surface area (Å²) < 4.78 is 6.38. The normalized spacial score (nSPS) is 11.8. The number of methoxy groups -OCH3 is 1. The third-order valence-electron chi connectivity index (χ3n) is 2.13. The second-order valence-electron chi connectivity index (χ2n) is 3.10. The minimum Gasteiger partial charge on any atom is -0.453 e. The Kier molecular flexibility index (Phi) is 7.02. The average Bonchev–Trinajstić information content (AvgIpc) is 2.90. The zero-order valence-electron chi connectivity index (χ0n) is 11.6. The number of aryl methyl sites for hydroxylation is 1. The van der Waals surface area contributed by atoms with Gasteiger partial charge in [-0.25, -0.2) is 4.79 Å². The number of hydrogen-bond acceptors (Lipinski definition) is 3. The number of fused-ring (bicyclic) bond motifs is 1. The molecule has 5 heteroatoms. The van der Waals surface area contributed by atoms with Crippen LogP contribution in [0.5, 0.6) is 0 Å². The molecular formula is C12H23N3O2. The van der Waals surface area contributed by atoms with Gasteiger partial charge in [0.2, 0.25) is 0 Å². The van der Waals surface area contributed by atoms with Gasteiger partial charge in [0, 0.05) is 18.8 Å². The van der Waals surface area contributed by atoms with Gasteiger partial charge >= 0.3 is 6.09 Å². The minimum absolute atomic E-state index is 0.291. The molecule has 0 fully saturated rings. The van der Waals surface area contributed by atoms with Crippen molar-refractivity contribution >= 4 is 6.09 Å². The Morgan fingerprint density at radius 3 is 2.35 bits per heavy atom. The van der Waals surface area contributed by atoms with Gasteiger partial charge in [0.25, 0.3) is 0 Å². The lowest BCUT2D eigenvalue weighted by atomic mass is 10.3. The van der Waals surface area contributed by atoms with Crippen molar-refractivity contribution in [2.45, 2.75) is 40.8 Å². The predicted octanol–water partition coefficient (Wildman–Crippen LogP) is 2.55. The first-order valence-corrected chi connectivity index (χ1v) is 6.05. The van der Waals surface area contributed by atoms with Gasteiger partial charge in [0.15, 0.2) is 0 Å². The molecule has 0 bridgehead atoms. The maximum Gasteiger partial charge on any atom is 0.410 e. The quantitative estimate of drug-likeness (QED) is 0.701. The van der Waals surface area contributed by atoms with Gasteiger partial charge in [-0.15, -0.1) is 0 Å². The van der Waals surface area contributed by atoms with Crippen molar-refractivity contribution in [1.82, 2.24) is 14.7 Å². The summed E-state index contributed by atoms with van der Waals surface area (Å²) in [4.78, 5) is 12.8. The van der Waals surface area contributed by atoms with E-state index in [2.05, 4.69) is 9.84 Å². The molecule has 1 amide bonds. The number of amides is 1. The summed E-state index contributed by atoms with van der Waals surface area (Å²) in [7, 11) is 3.26. The average molecular weight is 241 g/mol. The fourth-order valence-corrected chi connectivity index (χ4v) is 1.55. The lowest BCUT2D eigenvalue weighted by Crippen LogP contribution is -2.25. The molecule has 0 aromatic carbocycles. The molecule has 0 atom stereocenters. The first-order valence-electron chi connectivity index (χ1n) is 6.05. The Balaban J connectivity index is 0.000000581. The molecule has 1 aliphatic rings. The first kappa shape index (κ1) is 15.5. The molecule has 98 valence electrons. The van der Waals surface area contributed by atoms with Crippen LogP contribution < -0.4 is 0 Å². The Morgan fingerprint density at radius 1 is 1.29 bits per heavy atom. The van der Waals surface area contributed by atoms with E-state index in [-0.39, 0.29) is 6.09 Å². The second kappa shape index (κ2) is 7.70. The summed E-state index contributed by atoms with van der Waals surface area (Å²) in [5, 5.41) is 4.23. The topological polar surface area (TPSA) is 47.4 Å². The predicted molar refractivity (Wildman–Crippen MR) is 67.6 cm³/mol. The molecule has 0 aliphatic carbocycles. The number of carbonyl (C=O) groups excluding carboxylic acids is 1. The molecule has 2 heterocycles. The molecule has 1 aromatic rings. The van der Waals surface area contributed by atoms with Gasteiger partial charge < -0.3 is 4.74 Å². The fourth-order valence-electron chi connectivity index (χ4n) is 1.55. The Hall–Kier alpha value is -1.52. The molecule has 1 aliphatic heterocycles. The molecule has 5 nitrogen and oxygen atoms in total. The molecule has 17 heavy (non-hydrogen) atoms. The first-order chi connectivity index (χ1) is 8.20. The van der Waals surface area contributed by atoms with Crippen LogP contribution in [0.2, 0.25) is 0 Å². The van der Waals surface area contributed by atoms with Gasteiger partial charge in [-0.1, -0.05) is 27.7 Å². The molecule has 0 radical (unpaired) electrons. The van der Waals surface area contributed by atoms with Crippen molar-refractivity contribution < 1.29 is 9.53 Å². The highest BCUT2D eigenvalue weighted by Crippen LogP contribution is 2.20. The van der Waals surface area contributed by atoms with Gasteiger partial charge in [0.1, 0.15) is 0 Å². The van der Waals surface area contributed by atoms with Gasteiger partial charge in [-0.2, -0.15) is 5.10 Å². The number of hydrogen-bond donors (Lipinski definition) is 0. The van der Waals surface area contributed by atoms with Crippen LogP contribution in [-0.2, 0) is 24.9 Å². The summed E-state index contributed by atoms with van der Waals surface area (Å²) >= 11 is 0. The van der Waals surface area contributed by atoms with Crippen LogP contribution in [0.4, 0.5) is 4.79 Å². The van der Waals surface area contributed by atoms with E-state index in [1.54, 1.807) is 9.58 Å². The van der Waals surface area contributed by atoms with Gasteiger partial charge in [-0.05, 0) is 0 Å². The van der Waals surface area contributed by atoms with Crippen LogP contribution in [-0.4, -0.2) is 27.9 Å². The van der Waals surface area contributed by atoms with Gasteiger partial charge in [0.05, 0.1) is 25.9 Å². The SMILES string of the molecule is CC.CC.COC(=O)N1Cc2cn(C)nc2C1. The molecular weight excluding hydrogens is 218 g/mol. The monoisotopic (exact) mass is 241 g/mol. The summed E-state index contributed by atoms with van der Waals surface area (Å²) in [5.41, 5.74) is 2.07. The number of aromatic nitrogens is 2. The van der Waals surface area contributed by atoms with Crippen molar-refractivity contribution in [3.05, 3.63) is 17.5 Å². The molecule has 0 N–H and O–H groups in total. The van der Waals surface area contributed by atoms with Crippen LogP contribution in [0, 0.1) is 0 Å². The Morgan fingerprint density at radius 2 is 1.88 bits per heavy atom. The molecule has 0 spiro atoms. The number of ether oxygens (including phenoxy) is 1. The van der Waals surface area contributed by atoms with Crippen molar-refractivity contribution in [1.29, 1.82) is 0 Å². The highest BCUT2D eigenvalue weighted by molar-refractivity contribution is 5.68. The summed E-state index contributed by atoms with van der Waals surface area (Å²) in [6.07, 6.45) is 1.64. The number of rotatable bonds is 0. The molecule has 0 saturated carbocycles. The molecule has 1 aromatic heterocycles. The Bertz CT molecular complexity index is 324. The lowest BCUT2D eigenvalue weighted by molar-refractivity contribution is 0.122. The van der Waals surface area contributed by atoms with Crippen molar-refractivity contribution in [2.24, 2.45) is 7.05 Å². The van der Waals surface area contributed by atoms with E-state index in [4.69, 9.17) is 0 Å². The largest absolute Gasteiger partial charge is 0.453 e. The van der Waals surface area contributed by atoms with Crippen molar-refractivity contribution in [3.63, 3.8) is 0 Å². The highest BCUT2D eigenvalue weighted by atomic mass is 16.5. The summed E-state index contributed by atoms with van der Waals surface area (Å²) in [6, 6.07) is 0. The van der Waals surface area contributed by atoms with Gasteiger partial charge in [-0.3, -0.25) is 9.58 Å². The molecule has 2 rings (SSSR count). The zero-order chi connectivity index (χ0) is 13.4. The third kappa shape index (κ3) is 3.76. The number of carbonyl (C=O) groups is 1. The maximum absolute atomic E-state index is 11.1. The van der Waals surface area contributed by atoms with Crippen molar-refractivity contribution in [2.75, 3.05) is 7.11 Å². The Labute approximate surface area is 103 Å². The fraction of sp³-hybridized carbons (Fsp3) is 0.667. The van der Waals surface area contributed by atoms with E-state index in [0.717, 1.165) is 11.3 Å². The minimum atomic E-state index is -0.291. The molecule has 0 saturated heterocycles. The van der Waals surface area contributed by atoms with Crippen LogP contribution in [0.15, 0.2) is 6.20 Å². The van der Waals surface area contributed by atoms with E-state index < -0.39 is 0 Å². The van der Waals surface area contributed by atoms with Crippen LogP contribution in [0.1, 0.15) is 39.0 Å². The van der Waals surface area contributed by atoms with E-state index in [0.29, 0.717) is 13.1 Å². The number of nitrogens with zero attached hydrogens (tertiary/aromatic N) is 3. The maximum atomic E-state index is 11.1.